The Hall–Kier alpha value is -2.51. The molecular weight excluding hydrogens is 360 g/mol. The molecule has 7 heteroatoms. The number of imide groups is 1. The third-order valence-corrected chi connectivity index (χ3v) is 5.61. The summed E-state index contributed by atoms with van der Waals surface area (Å²) in [6.07, 6.45) is 2.12. The van der Waals surface area contributed by atoms with Crippen molar-refractivity contribution in [2.24, 2.45) is 11.8 Å². The highest BCUT2D eigenvalue weighted by molar-refractivity contribution is 6.10. The van der Waals surface area contributed by atoms with Gasteiger partial charge in [-0.05, 0) is 33.3 Å². The summed E-state index contributed by atoms with van der Waals surface area (Å²) in [4.78, 5) is 39.7. The van der Waals surface area contributed by atoms with Gasteiger partial charge in [-0.25, -0.2) is 0 Å². The number of fused-ring (bicyclic) bond motifs is 1. The molecule has 3 N–H and O–H groups in total. The zero-order valence-corrected chi connectivity index (χ0v) is 16.4. The van der Waals surface area contributed by atoms with Gasteiger partial charge in [0.05, 0.1) is 17.9 Å². The van der Waals surface area contributed by atoms with Crippen molar-refractivity contribution >= 4 is 23.9 Å². The number of amides is 2. The van der Waals surface area contributed by atoms with Crippen LogP contribution in [0.5, 0.6) is 0 Å². The van der Waals surface area contributed by atoms with E-state index in [2.05, 4.69) is 5.32 Å². The van der Waals surface area contributed by atoms with Gasteiger partial charge in [0.1, 0.15) is 0 Å². The van der Waals surface area contributed by atoms with E-state index < -0.39 is 52.8 Å². The molecule has 0 saturated carbocycles. The van der Waals surface area contributed by atoms with Crippen molar-refractivity contribution in [2.45, 2.75) is 50.9 Å². The van der Waals surface area contributed by atoms with Gasteiger partial charge in [0.25, 0.3) is 0 Å². The van der Waals surface area contributed by atoms with Crippen molar-refractivity contribution in [3.05, 3.63) is 42.0 Å². The number of aliphatic carboxylic acids is 1. The van der Waals surface area contributed by atoms with Gasteiger partial charge in [0.2, 0.25) is 11.8 Å². The molecule has 28 heavy (non-hydrogen) atoms. The summed E-state index contributed by atoms with van der Waals surface area (Å²) in [6, 6.07) is 8.68. The van der Waals surface area contributed by atoms with Gasteiger partial charge in [-0.3, -0.25) is 24.6 Å². The second-order valence-corrected chi connectivity index (χ2v) is 8.48. The molecule has 2 aliphatic rings. The lowest BCUT2D eigenvalue weighted by Gasteiger charge is -2.36. The molecule has 7 nitrogen and oxygen atoms in total. The molecule has 2 amide bonds. The average Bonchev–Trinajstić information content (AvgIpc) is 3.08. The molecule has 2 saturated heterocycles. The number of likely N-dealkylation sites (tertiary alicyclic amines) is 1. The topological polar surface area (TPSA) is 107 Å². The lowest BCUT2D eigenvalue weighted by atomic mass is 9.77. The summed E-state index contributed by atoms with van der Waals surface area (Å²) in [5, 5.41) is 23.2. The van der Waals surface area contributed by atoms with Crippen LogP contribution in [0.15, 0.2) is 36.4 Å². The largest absolute Gasteiger partial charge is 0.480 e. The third-order valence-electron chi connectivity index (χ3n) is 5.61. The highest BCUT2D eigenvalue weighted by Gasteiger charge is 2.70. The van der Waals surface area contributed by atoms with E-state index in [0.717, 1.165) is 10.5 Å². The second kappa shape index (κ2) is 6.83. The molecule has 1 aromatic rings. The number of aliphatic hydroxyl groups excluding tert-OH is 1. The van der Waals surface area contributed by atoms with Crippen LogP contribution in [-0.4, -0.2) is 56.1 Å². The molecule has 1 aromatic carbocycles. The molecule has 150 valence electrons. The van der Waals surface area contributed by atoms with E-state index in [-0.39, 0.29) is 0 Å². The number of hydrogen-bond donors (Lipinski definition) is 3. The normalized spacial score (nSPS) is 31.5. The minimum Gasteiger partial charge on any atom is -0.480 e. The Morgan fingerprint density at radius 3 is 2.32 bits per heavy atom. The van der Waals surface area contributed by atoms with Crippen LogP contribution in [0, 0.1) is 11.8 Å². The Balaban J connectivity index is 2.09. The maximum absolute atomic E-state index is 13.2. The molecule has 3 rings (SSSR count). The second-order valence-electron chi connectivity index (χ2n) is 8.48. The quantitative estimate of drug-likeness (QED) is 0.673. The van der Waals surface area contributed by atoms with E-state index in [1.54, 1.807) is 32.9 Å². The van der Waals surface area contributed by atoms with Crippen LogP contribution >= 0.6 is 0 Å². The number of nitrogens with zero attached hydrogens (tertiary/aromatic N) is 1. The highest BCUT2D eigenvalue weighted by Crippen LogP contribution is 2.47. The van der Waals surface area contributed by atoms with Gasteiger partial charge < -0.3 is 10.2 Å². The number of carbonyl (C=O) groups excluding carboxylic acids is 2. The van der Waals surface area contributed by atoms with E-state index in [0.29, 0.717) is 0 Å². The van der Waals surface area contributed by atoms with Crippen molar-refractivity contribution < 1.29 is 24.6 Å². The monoisotopic (exact) mass is 386 g/mol. The van der Waals surface area contributed by atoms with Gasteiger partial charge >= 0.3 is 5.97 Å². The van der Waals surface area contributed by atoms with Gasteiger partial charge in [-0.1, -0.05) is 42.5 Å². The zero-order chi connectivity index (χ0) is 20.9. The number of hydrogen-bond acceptors (Lipinski definition) is 5. The molecule has 0 spiro atoms. The summed E-state index contributed by atoms with van der Waals surface area (Å²) in [5.41, 5.74) is -1.83. The van der Waals surface area contributed by atoms with Crippen LogP contribution in [0.2, 0.25) is 0 Å². The number of rotatable bonds is 4. The molecule has 0 aliphatic carbocycles. The fraction of sp³-hybridized carbons (Fsp3) is 0.476. The lowest BCUT2D eigenvalue weighted by Crippen LogP contribution is -2.63. The van der Waals surface area contributed by atoms with Crippen molar-refractivity contribution in [3.8, 4) is 0 Å². The fourth-order valence-electron chi connectivity index (χ4n) is 4.35. The number of aliphatic hydroxyl groups is 1. The predicted molar refractivity (Wildman–Crippen MR) is 103 cm³/mol. The number of benzene rings is 1. The molecule has 5 atom stereocenters. The Labute approximate surface area is 164 Å². The van der Waals surface area contributed by atoms with Gasteiger partial charge in [-0.2, -0.15) is 0 Å². The van der Waals surface area contributed by atoms with Gasteiger partial charge in [-0.15, -0.1) is 0 Å². The Morgan fingerprint density at radius 1 is 1.21 bits per heavy atom. The maximum atomic E-state index is 13.2. The zero-order valence-electron chi connectivity index (χ0n) is 16.4. The molecule has 0 radical (unpaired) electrons. The first kappa shape index (κ1) is 20.2. The Bertz CT molecular complexity index is 827. The number of nitrogens with one attached hydrogen (secondary N) is 1. The molecule has 2 heterocycles. The summed E-state index contributed by atoms with van der Waals surface area (Å²) in [5.74, 6) is -4.39. The van der Waals surface area contributed by atoms with E-state index in [1.807, 2.05) is 30.3 Å². The predicted octanol–water partition coefficient (Wildman–Crippen LogP) is 1.28. The Morgan fingerprint density at radius 2 is 1.82 bits per heavy atom. The third kappa shape index (κ3) is 2.95. The maximum Gasteiger partial charge on any atom is 0.327 e. The first-order chi connectivity index (χ1) is 13.0. The standard InChI is InChI=1S/C21H26N2O5/c1-12(24)21(19(27)28)16-15(17(25)23(18(16)26)20(2,3)4)14(22-21)11-10-13-8-6-5-7-9-13/h5-12,14-16,22,24H,1-4H3,(H,27,28). The van der Waals surface area contributed by atoms with Crippen molar-refractivity contribution in [2.75, 3.05) is 0 Å². The first-order valence-corrected chi connectivity index (χ1v) is 9.32. The summed E-state index contributed by atoms with van der Waals surface area (Å²) >= 11 is 0. The van der Waals surface area contributed by atoms with E-state index in [4.69, 9.17) is 0 Å². The molecule has 0 bridgehead atoms. The van der Waals surface area contributed by atoms with Crippen LogP contribution in [0.25, 0.3) is 6.08 Å². The molecular formula is C21H26N2O5. The van der Waals surface area contributed by atoms with Crippen LogP contribution in [0.3, 0.4) is 0 Å². The van der Waals surface area contributed by atoms with Gasteiger partial charge in [0, 0.05) is 11.6 Å². The first-order valence-electron chi connectivity index (χ1n) is 9.32. The van der Waals surface area contributed by atoms with E-state index >= 15 is 0 Å². The number of carboxylic acid groups (broad SMARTS) is 1. The minimum absolute atomic E-state index is 0.415. The SMILES string of the molecule is CC(O)C1(C(=O)O)NC(C=Cc2ccccc2)C2C(=O)N(C(C)(C)C)C(=O)C21. The lowest BCUT2D eigenvalue weighted by molar-refractivity contribution is -0.158. The van der Waals surface area contributed by atoms with Crippen molar-refractivity contribution in [1.29, 1.82) is 0 Å². The van der Waals surface area contributed by atoms with Crippen molar-refractivity contribution in [1.82, 2.24) is 10.2 Å². The molecule has 2 aliphatic heterocycles. The molecule has 2 fully saturated rings. The number of carbonyl (C=O) groups is 3. The van der Waals surface area contributed by atoms with Crippen LogP contribution < -0.4 is 5.32 Å². The Kier molecular flexibility index (Phi) is 4.93. The molecule has 5 unspecified atom stereocenters. The smallest absolute Gasteiger partial charge is 0.327 e. The highest BCUT2D eigenvalue weighted by atomic mass is 16.4. The molecule has 0 aromatic heterocycles. The summed E-state index contributed by atoms with van der Waals surface area (Å²) < 4.78 is 0. The van der Waals surface area contributed by atoms with E-state index in [9.17, 15) is 24.6 Å². The number of carboxylic acids is 1. The van der Waals surface area contributed by atoms with Crippen LogP contribution in [-0.2, 0) is 14.4 Å². The van der Waals surface area contributed by atoms with Crippen molar-refractivity contribution in [3.63, 3.8) is 0 Å². The summed E-state index contributed by atoms with van der Waals surface area (Å²) in [7, 11) is 0. The van der Waals surface area contributed by atoms with E-state index in [1.165, 1.54) is 6.92 Å². The summed E-state index contributed by atoms with van der Waals surface area (Å²) in [6.45, 7) is 6.53. The van der Waals surface area contributed by atoms with Crippen LogP contribution in [0.4, 0.5) is 0 Å². The van der Waals surface area contributed by atoms with Crippen LogP contribution in [0.1, 0.15) is 33.3 Å². The fourth-order valence-corrected chi connectivity index (χ4v) is 4.35. The average molecular weight is 386 g/mol. The minimum atomic E-state index is -1.93. The van der Waals surface area contributed by atoms with Gasteiger partial charge in [0.15, 0.2) is 5.54 Å².